The Morgan fingerprint density at radius 2 is 1.92 bits per heavy atom. The zero-order valence-corrected chi connectivity index (χ0v) is 14.1. The molecule has 0 radical (unpaired) electrons. The van der Waals surface area contributed by atoms with Crippen molar-refractivity contribution < 1.29 is 14.3 Å². The molecule has 1 unspecified atom stereocenters. The van der Waals surface area contributed by atoms with Gasteiger partial charge in [0.25, 0.3) is 0 Å². The Balaban J connectivity index is 1.86. The summed E-state index contributed by atoms with van der Waals surface area (Å²) in [7, 11) is 0. The van der Waals surface area contributed by atoms with Crippen molar-refractivity contribution in [1.82, 2.24) is 0 Å². The van der Waals surface area contributed by atoms with E-state index in [2.05, 4.69) is 25.6 Å². The molecule has 0 saturated heterocycles. The lowest BCUT2D eigenvalue weighted by molar-refractivity contribution is 0.191. The van der Waals surface area contributed by atoms with E-state index in [0.717, 1.165) is 39.6 Å². The zero-order valence-electron chi connectivity index (χ0n) is 14.1. The van der Waals surface area contributed by atoms with E-state index < -0.39 is 6.10 Å². The fourth-order valence-corrected chi connectivity index (χ4v) is 2.89. The number of aryl methyl sites for hydroxylation is 2. The number of furan rings is 1. The van der Waals surface area contributed by atoms with Crippen LogP contribution in [0.1, 0.15) is 35.0 Å². The summed E-state index contributed by atoms with van der Waals surface area (Å²) in [6.07, 6.45) is 3.55. The lowest BCUT2D eigenvalue weighted by Gasteiger charge is -2.11. The molecule has 0 aliphatic rings. The zero-order chi connectivity index (χ0) is 17.1. The monoisotopic (exact) mass is 322 g/mol. The maximum absolute atomic E-state index is 10.7. The van der Waals surface area contributed by atoms with Gasteiger partial charge in [0.05, 0.1) is 12.9 Å². The van der Waals surface area contributed by atoms with Crippen molar-refractivity contribution in [2.75, 3.05) is 6.61 Å². The Kier molecular flexibility index (Phi) is 4.72. The van der Waals surface area contributed by atoms with Crippen LogP contribution in [0.15, 0.2) is 59.7 Å². The Morgan fingerprint density at radius 1 is 1.17 bits per heavy atom. The molecule has 0 amide bonds. The van der Waals surface area contributed by atoms with Crippen molar-refractivity contribution >= 4 is 10.8 Å². The van der Waals surface area contributed by atoms with Crippen LogP contribution in [-0.4, -0.2) is 11.7 Å². The number of aliphatic hydroxyl groups excluding tert-OH is 1. The lowest BCUT2D eigenvalue weighted by Crippen LogP contribution is -2.00. The first-order valence-electron chi connectivity index (χ1n) is 8.10. The van der Waals surface area contributed by atoms with Crippen LogP contribution >= 0.6 is 0 Å². The van der Waals surface area contributed by atoms with Crippen LogP contribution in [0.25, 0.3) is 10.8 Å². The predicted octanol–water partition coefficient (Wildman–Crippen LogP) is 5.09. The largest absolute Gasteiger partial charge is 0.493 e. The second-order valence-corrected chi connectivity index (χ2v) is 6.04. The minimum Gasteiger partial charge on any atom is -0.493 e. The Morgan fingerprint density at radius 3 is 2.62 bits per heavy atom. The Hall–Kier alpha value is -2.52. The summed E-state index contributed by atoms with van der Waals surface area (Å²) in [5.41, 5.74) is 3.08. The van der Waals surface area contributed by atoms with Gasteiger partial charge in [-0.15, -0.1) is 6.58 Å². The summed E-state index contributed by atoms with van der Waals surface area (Å²) in [4.78, 5) is 0. The molecule has 3 aromatic rings. The minimum absolute atomic E-state index is 0.581. The maximum Gasteiger partial charge on any atom is 0.144 e. The Bertz CT molecular complexity index is 843. The van der Waals surface area contributed by atoms with Crippen LogP contribution in [0.5, 0.6) is 5.75 Å². The molecule has 3 nitrogen and oxygen atoms in total. The third-order valence-corrected chi connectivity index (χ3v) is 4.14. The van der Waals surface area contributed by atoms with Crippen LogP contribution in [0.4, 0.5) is 0 Å². The molecule has 3 rings (SSSR count). The molecular formula is C21H22O3. The van der Waals surface area contributed by atoms with E-state index in [9.17, 15) is 5.11 Å². The fraction of sp³-hybridized carbons (Fsp3) is 0.238. The fourth-order valence-electron chi connectivity index (χ4n) is 2.89. The third kappa shape index (κ3) is 3.22. The third-order valence-electron chi connectivity index (χ3n) is 4.14. The topological polar surface area (TPSA) is 42.6 Å². The van der Waals surface area contributed by atoms with Gasteiger partial charge in [0, 0.05) is 10.8 Å². The highest BCUT2D eigenvalue weighted by atomic mass is 16.5. The summed E-state index contributed by atoms with van der Waals surface area (Å²) in [5, 5.41) is 12.7. The SMILES string of the molecule is C=CCCOc1ccc(C(O)c2occ3c(C)cc(C)cc23)cc1. The predicted molar refractivity (Wildman–Crippen MR) is 96.5 cm³/mol. The molecule has 1 N–H and O–H groups in total. The smallest absolute Gasteiger partial charge is 0.144 e. The van der Waals surface area contributed by atoms with Crippen molar-refractivity contribution in [1.29, 1.82) is 0 Å². The van der Waals surface area contributed by atoms with Gasteiger partial charge < -0.3 is 14.3 Å². The van der Waals surface area contributed by atoms with Crippen LogP contribution in [0.3, 0.4) is 0 Å². The minimum atomic E-state index is -0.800. The first kappa shape index (κ1) is 16.3. The number of hydrogen-bond donors (Lipinski definition) is 1. The number of fused-ring (bicyclic) bond motifs is 1. The summed E-state index contributed by atoms with van der Waals surface area (Å²) in [6.45, 7) is 8.37. The van der Waals surface area contributed by atoms with Crippen LogP contribution in [0.2, 0.25) is 0 Å². The van der Waals surface area contributed by atoms with Gasteiger partial charge in [-0.1, -0.05) is 29.8 Å². The van der Waals surface area contributed by atoms with Gasteiger partial charge in [0.15, 0.2) is 0 Å². The molecule has 0 fully saturated rings. The van der Waals surface area contributed by atoms with Crippen molar-refractivity contribution in [3.05, 3.63) is 77.8 Å². The van der Waals surface area contributed by atoms with Gasteiger partial charge >= 0.3 is 0 Å². The van der Waals surface area contributed by atoms with Crippen molar-refractivity contribution in [3.8, 4) is 5.75 Å². The van der Waals surface area contributed by atoms with Crippen molar-refractivity contribution in [2.45, 2.75) is 26.4 Å². The molecule has 1 aromatic heterocycles. The maximum atomic E-state index is 10.7. The van der Waals surface area contributed by atoms with Gasteiger partial charge in [-0.2, -0.15) is 0 Å². The standard InChI is InChI=1S/C21H22O3/c1-4-5-10-23-17-8-6-16(7-9-17)20(22)21-18-12-14(2)11-15(3)19(18)13-24-21/h4,6-9,11-13,20,22H,1,5,10H2,2-3H3. The van der Waals surface area contributed by atoms with Gasteiger partial charge in [-0.3, -0.25) is 0 Å². The molecule has 0 aliphatic heterocycles. The molecule has 2 aromatic carbocycles. The van der Waals surface area contributed by atoms with E-state index in [0.29, 0.717) is 12.4 Å². The van der Waals surface area contributed by atoms with E-state index in [4.69, 9.17) is 9.15 Å². The molecule has 0 bridgehead atoms. The molecular weight excluding hydrogens is 300 g/mol. The van der Waals surface area contributed by atoms with Gasteiger partial charge in [-0.25, -0.2) is 0 Å². The van der Waals surface area contributed by atoms with E-state index in [1.165, 1.54) is 0 Å². The molecule has 1 atom stereocenters. The number of aliphatic hydroxyl groups is 1. The van der Waals surface area contributed by atoms with Crippen LogP contribution in [0, 0.1) is 13.8 Å². The van der Waals surface area contributed by atoms with Gasteiger partial charge in [0.1, 0.15) is 17.6 Å². The number of rotatable bonds is 6. The molecule has 0 spiro atoms. The number of hydrogen-bond acceptors (Lipinski definition) is 3. The van der Waals surface area contributed by atoms with Gasteiger partial charge in [0.2, 0.25) is 0 Å². The highest BCUT2D eigenvalue weighted by Gasteiger charge is 2.19. The molecule has 124 valence electrons. The normalized spacial score (nSPS) is 12.3. The molecule has 24 heavy (non-hydrogen) atoms. The highest BCUT2D eigenvalue weighted by molar-refractivity contribution is 5.88. The quantitative estimate of drug-likeness (QED) is 0.508. The molecule has 0 aliphatic carbocycles. The lowest BCUT2D eigenvalue weighted by atomic mass is 10.0. The van der Waals surface area contributed by atoms with Crippen molar-refractivity contribution in [2.24, 2.45) is 0 Å². The van der Waals surface area contributed by atoms with Gasteiger partial charge in [-0.05, 0) is 49.6 Å². The molecule has 0 saturated carbocycles. The summed E-state index contributed by atoms with van der Waals surface area (Å²) in [6, 6.07) is 11.6. The second-order valence-electron chi connectivity index (χ2n) is 6.04. The first-order valence-corrected chi connectivity index (χ1v) is 8.10. The Labute approximate surface area is 142 Å². The van der Waals surface area contributed by atoms with E-state index in [1.807, 2.05) is 37.3 Å². The van der Waals surface area contributed by atoms with E-state index in [1.54, 1.807) is 6.26 Å². The average Bonchev–Trinajstić information content (AvgIpc) is 2.99. The van der Waals surface area contributed by atoms with E-state index in [-0.39, 0.29) is 0 Å². The summed E-state index contributed by atoms with van der Waals surface area (Å²) < 4.78 is 11.3. The average molecular weight is 322 g/mol. The highest BCUT2D eigenvalue weighted by Crippen LogP contribution is 2.33. The summed E-state index contributed by atoms with van der Waals surface area (Å²) in [5.74, 6) is 1.36. The second kappa shape index (κ2) is 6.93. The van der Waals surface area contributed by atoms with E-state index >= 15 is 0 Å². The van der Waals surface area contributed by atoms with Crippen LogP contribution in [-0.2, 0) is 0 Å². The summed E-state index contributed by atoms with van der Waals surface area (Å²) >= 11 is 0. The number of benzene rings is 2. The molecule has 1 heterocycles. The number of ether oxygens (including phenoxy) is 1. The van der Waals surface area contributed by atoms with Crippen molar-refractivity contribution in [3.63, 3.8) is 0 Å². The van der Waals surface area contributed by atoms with Crippen LogP contribution < -0.4 is 4.74 Å². The first-order chi connectivity index (χ1) is 11.6. The molecule has 3 heteroatoms.